The number of rotatable bonds is 4. The van der Waals surface area contributed by atoms with Gasteiger partial charge in [-0.15, -0.1) is 11.3 Å². The van der Waals surface area contributed by atoms with Gasteiger partial charge in [-0.05, 0) is 138 Å². The summed E-state index contributed by atoms with van der Waals surface area (Å²) in [6.45, 7) is 33.0. The lowest BCUT2D eigenvalue weighted by atomic mass is 9.33. The lowest BCUT2D eigenvalue weighted by Crippen LogP contribution is -2.60. The molecule has 0 bridgehead atoms. The highest BCUT2D eigenvalue weighted by molar-refractivity contribution is 7.26. The number of thiophene rings is 1. The number of hydrogen-bond acceptors (Lipinski definition) is 3. The van der Waals surface area contributed by atoms with Crippen LogP contribution in [0.1, 0.15) is 130 Å². The molecule has 2 aromatic heterocycles. The molecule has 0 N–H and O–H groups in total. The zero-order chi connectivity index (χ0) is 51.8. The van der Waals surface area contributed by atoms with Crippen LogP contribution < -0.4 is 26.2 Å². The number of fused-ring (bicyclic) bond motifs is 12. The highest BCUT2D eigenvalue weighted by atomic mass is 32.1. The van der Waals surface area contributed by atoms with Gasteiger partial charge < -0.3 is 14.4 Å². The van der Waals surface area contributed by atoms with Gasteiger partial charge in [0.2, 0.25) is 0 Å². The first kappa shape index (κ1) is 46.9. The molecule has 13 rings (SSSR count). The molecule has 3 aliphatic rings. The van der Waals surface area contributed by atoms with Crippen molar-refractivity contribution in [3.8, 4) is 16.9 Å². The van der Waals surface area contributed by atoms with Crippen LogP contribution >= 0.6 is 11.3 Å². The average Bonchev–Trinajstić information content (AvgIpc) is 4.05. The van der Waals surface area contributed by atoms with E-state index in [0.29, 0.717) is 0 Å². The molecule has 0 radical (unpaired) electrons. The minimum Gasteiger partial charge on any atom is -0.311 e. The Labute approximate surface area is 443 Å². The van der Waals surface area contributed by atoms with E-state index in [0.717, 1.165) is 17.1 Å². The van der Waals surface area contributed by atoms with E-state index in [1.807, 2.05) is 11.3 Å². The van der Waals surface area contributed by atoms with E-state index in [2.05, 4.69) is 269 Å². The van der Waals surface area contributed by atoms with Crippen LogP contribution in [-0.2, 0) is 27.1 Å². The van der Waals surface area contributed by atoms with Gasteiger partial charge in [0.25, 0.3) is 6.71 Å². The van der Waals surface area contributed by atoms with Crippen molar-refractivity contribution in [3.63, 3.8) is 0 Å². The molecule has 10 aromatic rings. The molecule has 5 heteroatoms. The van der Waals surface area contributed by atoms with Crippen molar-refractivity contribution in [2.75, 3.05) is 9.80 Å². The summed E-state index contributed by atoms with van der Waals surface area (Å²) < 4.78 is 5.34. The second-order valence-electron chi connectivity index (χ2n) is 26.3. The molecule has 368 valence electrons. The Morgan fingerprint density at radius 2 is 1.04 bits per heavy atom. The lowest BCUT2D eigenvalue weighted by molar-refractivity contribution is 0.590. The van der Waals surface area contributed by atoms with Crippen LogP contribution in [0, 0.1) is 0 Å². The second-order valence-corrected chi connectivity index (χ2v) is 27.4. The predicted octanol–water partition coefficient (Wildman–Crippen LogP) is 17.6. The topological polar surface area (TPSA) is 11.4 Å². The van der Waals surface area contributed by atoms with E-state index in [9.17, 15) is 0 Å². The lowest BCUT2D eigenvalue weighted by Gasteiger charge is -2.42. The first-order valence-electron chi connectivity index (χ1n) is 26.9. The number of benzene rings is 8. The Kier molecular flexibility index (Phi) is 9.91. The number of hydrogen-bond donors (Lipinski definition) is 0. The maximum atomic E-state index is 2.73. The van der Waals surface area contributed by atoms with Crippen molar-refractivity contribution in [3.05, 3.63) is 191 Å². The Morgan fingerprint density at radius 1 is 0.459 bits per heavy atom. The van der Waals surface area contributed by atoms with Crippen LogP contribution in [0.25, 0.3) is 48.0 Å². The van der Waals surface area contributed by atoms with Gasteiger partial charge in [-0.1, -0.05) is 188 Å². The minimum atomic E-state index is -0.222. The highest BCUT2D eigenvalue weighted by Crippen LogP contribution is 2.56. The quantitative estimate of drug-likeness (QED) is 0.163. The normalized spacial score (nSPS) is 14.7. The van der Waals surface area contributed by atoms with E-state index in [1.54, 1.807) is 0 Å². The third kappa shape index (κ3) is 6.84. The maximum Gasteiger partial charge on any atom is 0.252 e. The largest absolute Gasteiger partial charge is 0.311 e. The van der Waals surface area contributed by atoms with E-state index < -0.39 is 0 Å². The van der Waals surface area contributed by atoms with Crippen LogP contribution in [0.5, 0.6) is 0 Å². The van der Waals surface area contributed by atoms with Gasteiger partial charge in [0, 0.05) is 70.5 Å². The Hall–Kier alpha value is -6.82. The summed E-state index contributed by atoms with van der Waals surface area (Å²) in [6.07, 6.45) is 0. The van der Waals surface area contributed by atoms with Crippen LogP contribution in [-0.4, -0.2) is 11.3 Å². The van der Waals surface area contributed by atoms with Crippen molar-refractivity contribution in [2.24, 2.45) is 0 Å². The molecule has 0 spiro atoms. The van der Waals surface area contributed by atoms with E-state index in [1.165, 1.54) is 115 Å². The van der Waals surface area contributed by atoms with Gasteiger partial charge >= 0.3 is 0 Å². The molecule has 8 aromatic carbocycles. The fourth-order valence-corrected chi connectivity index (χ4v) is 14.1. The Morgan fingerprint density at radius 3 is 1.69 bits per heavy atom. The average molecular weight is 982 g/mol. The molecular weight excluding hydrogens is 914 g/mol. The van der Waals surface area contributed by atoms with Gasteiger partial charge in [-0.3, -0.25) is 0 Å². The zero-order valence-electron chi connectivity index (χ0n) is 45.8. The van der Waals surface area contributed by atoms with Crippen LogP contribution in [0.2, 0.25) is 0 Å². The van der Waals surface area contributed by atoms with Crippen molar-refractivity contribution in [1.29, 1.82) is 0 Å². The molecule has 0 saturated carbocycles. The molecule has 0 unspecified atom stereocenters. The molecule has 0 atom stereocenters. The van der Waals surface area contributed by atoms with Gasteiger partial charge in [0.1, 0.15) is 0 Å². The SMILES string of the molecule is CC(C)(C)c1ccc(N(c2ccc(C(C)(C)C)cc2)c2cc3c4c(c2)-n2c5c(c6cc(C(C)(C)C)cc(c62)B4c2ccc(C(C)(C)C)cc2N3c2cccc3sc4ccccc4c23)C(C)(C)c2ccccc2-5)cc1. The molecule has 4 heterocycles. The smallest absolute Gasteiger partial charge is 0.252 e. The van der Waals surface area contributed by atoms with E-state index >= 15 is 0 Å². The van der Waals surface area contributed by atoms with Gasteiger partial charge in [-0.2, -0.15) is 0 Å². The van der Waals surface area contributed by atoms with Crippen LogP contribution in [0.15, 0.2) is 158 Å². The summed E-state index contributed by atoms with van der Waals surface area (Å²) in [7, 11) is 0. The number of nitrogens with zero attached hydrogens (tertiary/aromatic N) is 3. The molecule has 0 amide bonds. The summed E-state index contributed by atoms with van der Waals surface area (Å²) in [5, 5.41) is 3.97. The van der Waals surface area contributed by atoms with Crippen molar-refractivity contribution < 1.29 is 0 Å². The van der Waals surface area contributed by atoms with Gasteiger partial charge in [-0.25, -0.2) is 0 Å². The standard InChI is InChI=1S/C69H68BN3S/c1-65(2,3)41-26-31-45(32-27-41)71(46-33-28-42(29-34-46)66(4,5)6)47-39-56-62-57(40-47)73-63-50(61-64(73)48-20-15-17-22-51(48)69(61,13)14)36-44(68(10,11)12)37-53(63)70(62)52-35-30-43(67(7,8)9)38-55(52)72(56)54-23-19-25-59-60(54)49-21-16-18-24-58(49)74-59/h15-40H,1-14H3. The monoisotopic (exact) mass is 982 g/mol. The second kappa shape index (κ2) is 15.6. The van der Waals surface area contributed by atoms with Crippen molar-refractivity contribution in [2.45, 2.75) is 124 Å². The number of anilines is 6. The Balaban J connectivity index is 1.22. The third-order valence-electron chi connectivity index (χ3n) is 17.0. The fraction of sp³-hybridized carbons (Fsp3) is 0.275. The zero-order valence-corrected chi connectivity index (χ0v) is 46.7. The fourth-order valence-electron chi connectivity index (χ4n) is 12.9. The van der Waals surface area contributed by atoms with Crippen LogP contribution in [0.4, 0.5) is 34.1 Å². The molecule has 0 fully saturated rings. The number of aromatic nitrogens is 1. The summed E-state index contributed by atoms with van der Waals surface area (Å²) in [6, 6.07) is 61.8. The summed E-state index contributed by atoms with van der Waals surface area (Å²) in [5.74, 6) is 0. The molecule has 3 nitrogen and oxygen atoms in total. The van der Waals surface area contributed by atoms with E-state index in [-0.39, 0.29) is 33.8 Å². The summed E-state index contributed by atoms with van der Waals surface area (Å²) in [5.41, 5.74) is 24.2. The highest BCUT2D eigenvalue weighted by Gasteiger charge is 2.48. The van der Waals surface area contributed by atoms with Crippen molar-refractivity contribution in [1.82, 2.24) is 4.57 Å². The summed E-state index contributed by atoms with van der Waals surface area (Å²) >= 11 is 1.90. The molecule has 1 aliphatic carbocycles. The van der Waals surface area contributed by atoms with Crippen molar-refractivity contribution >= 4 is 99.6 Å². The Bertz CT molecular complexity index is 3910. The minimum absolute atomic E-state index is 0.0137. The first-order chi connectivity index (χ1) is 35.0. The molecular formula is C69H68BN3S. The van der Waals surface area contributed by atoms with Gasteiger partial charge in [0.05, 0.1) is 17.1 Å². The molecule has 0 saturated heterocycles. The molecule has 74 heavy (non-hydrogen) atoms. The van der Waals surface area contributed by atoms with E-state index in [4.69, 9.17) is 0 Å². The van der Waals surface area contributed by atoms with Gasteiger partial charge in [0.15, 0.2) is 0 Å². The first-order valence-corrected chi connectivity index (χ1v) is 27.7. The molecule has 2 aliphatic heterocycles. The summed E-state index contributed by atoms with van der Waals surface area (Å²) in [4.78, 5) is 5.22. The third-order valence-corrected chi connectivity index (χ3v) is 18.1. The predicted molar refractivity (Wildman–Crippen MR) is 323 cm³/mol. The van der Waals surface area contributed by atoms with Crippen LogP contribution in [0.3, 0.4) is 0 Å². The maximum absolute atomic E-state index is 2.73.